The molecule has 4 rings (SSSR count). The molecule has 2 fully saturated rings. The van der Waals surface area contributed by atoms with E-state index in [0.717, 1.165) is 11.1 Å². The highest BCUT2D eigenvalue weighted by atomic mass is 16.6. The van der Waals surface area contributed by atoms with Gasteiger partial charge < -0.3 is 19.1 Å². The second kappa shape index (κ2) is 10.2. The molecular formula is C26H31N3O6. The zero-order valence-corrected chi connectivity index (χ0v) is 20.3. The van der Waals surface area contributed by atoms with Crippen LogP contribution in [0.4, 0.5) is 14.4 Å². The molecule has 2 aliphatic heterocycles. The number of hydrogen-bond donors (Lipinski definition) is 0. The lowest BCUT2D eigenvalue weighted by Crippen LogP contribution is -2.50. The van der Waals surface area contributed by atoms with Gasteiger partial charge in [0, 0.05) is 13.1 Å². The number of amides is 3. The first-order valence-electron chi connectivity index (χ1n) is 11.7. The second-order valence-corrected chi connectivity index (χ2v) is 9.70. The van der Waals surface area contributed by atoms with E-state index in [9.17, 15) is 14.4 Å². The van der Waals surface area contributed by atoms with Crippen LogP contribution in [0, 0.1) is 0 Å². The van der Waals surface area contributed by atoms with Crippen molar-refractivity contribution in [2.24, 2.45) is 0 Å². The molecule has 0 N–H and O–H groups in total. The summed E-state index contributed by atoms with van der Waals surface area (Å²) in [7, 11) is 0. The van der Waals surface area contributed by atoms with Gasteiger partial charge in [-0.1, -0.05) is 60.7 Å². The molecule has 186 valence electrons. The van der Waals surface area contributed by atoms with Gasteiger partial charge >= 0.3 is 18.3 Å². The van der Waals surface area contributed by atoms with Gasteiger partial charge in [-0.25, -0.2) is 24.4 Å². The average molecular weight is 482 g/mol. The van der Waals surface area contributed by atoms with Gasteiger partial charge in [-0.05, 0) is 38.3 Å². The van der Waals surface area contributed by atoms with Crippen molar-refractivity contribution >= 4 is 18.3 Å². The highest BCUT2D eigenvalue weighted by molar-refractivity contribution is 5.76. The van der Waals surface area contributed by atoms with Gasteiger partial charge in [-0.2, -0.15) is 0 Å². The van der Waals surface area contributed by atoms with E-state index in [1.54, 1.807) is 20.8 Å². The lowest BCUT2D eigenvalue weighted by atomic mass is 10.0. The highest BCUT2D eigenvalue weighted by Crippen LogP contribution is 2.33. The number of piperidine rings is 1. The van der Waals surface area contributed by atoms with Gasteiger partial charge in [0.15, 0.2) is 0 Å². The summed E-state index contributed by atoms with van der Waals surface area (Å²) in [5, 5.41) is 2.59. The first-order chi connectivity index (χ1) is 16.7. The maximum Gasteiger partial charge on any atom is 0.429 e. The van der Waals surface area contributed by atoms with Gasteiger partial charge in [0.25, 0.3) is 0 Å². The number of likely N-dealkylation sites (tertiary alicyclic amines) is 1. The summed E-state index contributed by atoms with van der Waals surface area (Å²) in [4.78, 5) is 40.6. The number of ether oxygens (including phenoxy) is 3. The van der Waals surface area contributed by atoms with E-state index >= 15 is 0 Å². The van der Waals surface area contributed by atoms with Crippen LogP contribution >= 0.6 is 0 Å². The summed E-state index contributed by atoms with van der Waals surface area (Å²) in [6, 6.07) is 17.7. The Morgan fingerprint density at radius 1 is 0.743 bits per heavy atom. The van der Waals surface area contributed by atoms with Crippen molar-refractivity contribution in [1.29, 1.82) is 0 Å². The van der Waals surface area contributed by atoms with E-state index in [1.165, 1.54) is 14.9 Å². The van der Waals surface area contributed by atoms with Crippen molar-refractivity contribution < 1.29 is 28.6 Å². The van der Waals surface area contributed by atoms with Crippen LogP contribution < -0.4 is 0 Å². The predicted molar refractivity (Wildman–Crippen MR) is 127 cm³/mol. The monoisotopic (exact) mass is 481 g/mol. The normalized spacial score (nSPS) is 19.3. The van der Waals surface area contributed by atoms with Crippen molar-refractivity contribution in [3.63, 3.8) is 0 Å². The molecule has 2 aliphatic rings. The summed E-state index contributed by atoms with van der Waals surface area (Å²) in [6.45, 7) is 5.98. The number of benzene rings is 2. The summed E-state index contributed by atoms with van der Waals surface area (Å²) >= 11 is 0. The fourth-order valence-electron chi connectivity index (χ4n) is 4.27. The smallest absolute Gasteiger partial charge is 0.429 e. The Bertz CT molecular complexity index is 971. The number of hydrogen-bond acceptors (Lipinski definition) is 6. The molecule has 2 atom stereocenters. The van der Waals surface area contributed by atoms with Gasteiger partial charge in [-0.3, -0.25) is 0 Å². The molecular weight excluding hydrogens is 450 g/mol. The van der Waals surface area contributed by atoms with E-state index in [-0.39, 0.29) is 26.3 Å². The zero-order chi connectivity index (χ0) is 25.0. The minimum absolute atomic E-state index is 0.0657. The van der Waals surface area contributed by atoms with E-state index < -0.39 is 36.0 Å². The molecule has 0 saturated carbocycles. The molecule has 2 aromatic carbocycles. The third-order valence-corrected chi connectivity index (χ3v) is 5.77. The van der Waals surface area contributed by atoms with Crippen LogP contribution in [-0.4, -0.2) is 64.0 Å². The van der Waals surface area contributed by atoms with Crippen LogP contribution in [-0.2, 0) is 27.4 Å². The Morgan fingerprint density at radius 3 is 1.57 bits per heavy atom. The number of fused-ring (bicyclic) bond motifs is 2. The molecule has 9 nitrogen and oxygen atoms in total. The SMILES string of the molecule is CC(C)(C)OC(=O)N1CC2CC(C1)N(C(=O)OCc1ccccc1)N2C(=O)OCc1ccccc1. The molecule has 2 saturated heterocycles. The van der Waals surface area contributed by atoms with Crippen LogP contribution in [0.25, 0.3) is 0 Å². The Kier molecular flexibility index (Phi) is 7.14. The summed E-state index contributed by atoms with van der Waals surface area (Å²) < 4.78 is 16.6. The largest absolute Gasteiger partial charge is 0.444 e. The molecule has 9 heteroatoms. The first kappa shape index (κ1) is 24.4. The molecule has 0 aliphatic carbocycles. The fraction of sp³-hybridized carbons (Fsp3) is 0.423. The van der Waals surface area contributed by atoms with Crippen LogP contribution in [0.5, 0.6) is 0 Å². The van der Waals surface area contributed by atoms with Crippen molar-refractivity contribution in [3.05, 3.63) is 71.8 Å². The lowest BCUT2D eigenvalue weighted by Gasteiger charge is -2.32. The number of rotatable bonds is 4. The van der Waals surface area contributed by atoms with E-state index in [1.807, 2.05) is 60.7 Å². The Balaban J connectivity index is 1.50. The molecule has 0 aromatic heterocycles. The van der Waals surface area contributed by atoms with Crippen molar-refractivity contribution in [3.8, 4) is 0 Å². The Hall–Kier alpha value is -3.75. The Labute approximate surface area is 205 Å². The number of nitrogens with zero attached hydrogens (tertiary/aromatic N) is 3. The number of carbonyl (C=O) groups is 3. The first-order valence-corrected chi connectivity index (χ1v) is 11.7. The average Bonchev–Trinajstić information content (AvgIpc) is 3.10. The minimum Gasteiger partial charge on any atom is -0.444 e. The quantitative estimate of drug-likeness (QED) is 0.595. The van der Waals surface area contributed by atoms with Gasteiger partial charge in [0.2, 0.25) is 0 Å². The van der Waals surface area contributed by atoms with E-state index in [0.29, 0.717) is 6.42 Å². The molecule has 0 radical (unpaired) electrons. The van der Waals surface area contributed by atoms with Crippen molar-refractivity contribution in [2.45, 2.75) is 58.1 Å². The fourth-order valence-corrected chi connectivity index (χ4v) is 4.27. The molecule has 2 bridgehead atoms. The lowest BCUT2D eigenvalue weighted by molar-refractivity contribution is -0.0199. The summed E-state index contributed by atoms with van der Waals surface area (Å²) in [6.07, 6.45) is -1.29. The summed E-state index contributed by atoms with van der Waals surface area (Å²) in [5.41, 5.74) is 1.00. The molecule has 35 heavy (non-hydrogen) atoms. The van der Waals surface area contributed by atoms with Crippen molar-refractivity contribution in [2.75, 3.05) is 13.1 Å². The molecule has 2 unspecified atom stereocenters. The zero-order valence-electron chi connectivity index (χ0n) is 20.3. The molecule has 2 heterocycles. The van der Waals surface area contributed by atoms with Crippen LogP contribution in [0.15, 0.2) is 60.7 Å². The summed E-state index contributed by atoms with van der Waals surface area (Å²) in [5.74, 6) is 0. The molecule has 2 aromatic rings. The van der Waals surface area contributed by atoms with Crippen LogP contribution in [0.3, 0.4) is 0 Å². The van der Waals surface area contributed by atoms with Crippen LogP contribution in [0.2, 0.25) is 0 Å². The topological polar surface area (TPSA) is 88.6 Å². The number of hydrazine groups is 1. The van der Waals surface area contributed by atoms with Crippen molar-refractivity contribution in [1.82, 2.24) is 14.9 Å². The van der Waals surface area contributed by atoms with E-state index in [4.69, 9.17) is 14.2 Å². The van der Waals surface area contributed by atoms with Crippen LogP contribution in [0.1, 0.15) is 38.3 Å². The van der Waals surface area contributed by atoms with Gasteiger partial charge in [-0.15, -0.1) is 0 Å². The Morgan fingerprint density at radius 2 is 1.17 bits per heavy atom. The maximum atomic E-state index is 13.2. The maximum absolute atomic E-state index is 13.2. The third-order valence-electron chi connectivity index (χ3n) is 5.77. The van der Waals surface area contributed by atoms with Gasteiger partial charge in [0.1, 0.15) is 18.8 Å². The molecule has 0 spiro atoms. The standard InChI is InChI=1S/C26H31N3O6/c1-26(2,3)35-23(30)27-15-21-14-22(16-27)29(25(32)34-18-20-12-8-5-9-13-20)28(21)24(31)33-17-19-10-6-4-7-11-19/h4-13,21-22H,14-18H2,1-3H3. The predicted octanol–water partition coefficient (Wildman–Crippen LogP) is 4.57. The van der Waals surface area contributed by atoms with Gasteiger partial charge in [0.05, 0.1) is 12.1 Å². The second-order valence-electron chi connectivity index (χ2n) is 9.70. The molecule has 3 amide bonds. The highest BCUT2D eigenvalue weighted by Gasteiger charge is 2.52. The minimum atomic E-state index is -0.663. The number of carbonyl (C=O) groups excluding carboxylic acids is 3. The third kappa shape index (κ3) is 6.03. The van der Waals surface area contributed by atoms with E-state index in [2.05, 4.69) is 0 Å².